The summed E-state index contributed by atoms with van der Waals surface area (Å²) in [7, 11) is 2.07. The first-order chi connectivity index (χ1) is 9.15. The van der Waals surface area contributed by atoms with Crippen LogP contribution < -0.4 is 10.6 Å². The minimum atomic E-state index is 0.0852. The molecule has 1 saturated carbocycles. The first-order valence-electron chi connectivity index (χ1n) is 7.11. The van der Waals surface area contributed by atoms with Crippen LogP contribution in [0.4, 0.5) is 0 Å². The summed E-state index contributed by atoms with van der Waals surface area (Å²) in [4.78, 5) is 27.4. The van der Waals surface area contributed by atoms with Crippen LogP contribution >= 0.6 is 0 Å². The van der Waals surface area contributed by atoms with Crippen LogP contribution in [0.25, 0.3) is 0 Å². The van der Waals surface area contributed by atoms with Gasteiger partial charge in [-0.15, -0.1) is 0 Å². The second-order valence-corrected chi connectivity index (χ2v) is 5.45. The predicted octanol–water partition coefficient (Wildman–Crippen LogP) is -0.981. The van der Waals surface area contributed by atoms with Crippen LogP contribution in [0, 0.1) is 0 Å². The van der Waals surface area contributed by atoms with E-state index in [2.05, 4.69) is 22.6 Å². The van der Waals surface area contributed by atoms with Crippen molar-refractivity contribution in [3.05, 3.63) is 0 Å². The van der Waals surface area contributed by atoms with Gasteiger partial charge in [0.05, 0.1) is 6.54 Å². The molecule has 0 spiro atoms. The van der Waals surface area contributed by atoms with E-state index in [0.717, 1.165) is 39.0 Å². The maximum Gasteiger partial charge on any atom is 0.236 e. The summed E-state index contributed by atoms with van der Waals surface area (Å²) in [5.74, 6) is 0.220. The molecule has 2 fully saturated rings. The second kappa shape index (κ2) is 6.86. The second-order valence-electron chi connectivity index (χ2n) is 5.45. The third kappa shape index (κ3) is 5.16. The summed E-state index contributed by atoms with van der Waals surface area (Å²) < 4.78 is 0. The zero-order chi connectivity index (χ0) is 13.7. The van der Waals surface area contributed by atoms with Crippen LogP contribution in [0.5, 0.6) is 0 Å². The highest BCUT2D eigenvalue weighted by Crippen LogP contribution is 2.18. The lowest BCUT2D eigenvalue weighted by molar-refractivity contribution is -0.132. The highest BCUT2D eigenvalue weighted by molar-refractivity contribution is 5.79. The maximum absolute atomic E-state index is 11.9. The van der Waals surface area contributed by atoms with Gasteiger partial charge in [-0.25, -0.2) is 0 Å². The number of piperazine rings is 1. The van der Waals surface area contributed by atoms with Gasteiger partial charge in [-0.3, -0.25) is 9.59 Å². The van der Waals surface area contributed by atoms with Crippen molar-refractivity contribution < 1.29 is 9.59 Å². The molecule has 0 bridgehead atoms. The topological polar surface area (TPSA) is 64.7 Å². The monoisotopic (exact) mass is 268 g/mol. The van der Waals surface area contributed by atoms with Crippen LogP contribution in [-0.4, -0.2) is 74.0 Å². The molecule has 6 heteroatoms. The minimum absolute atomic E-state index is 0.0852. The van der Waals surface area contributed by atoms with Crippen LogP contribution in [0.1, 0.15) is 19.3 Å². The number of nitrogens with zero attached hydrogens (tertiary/aromatic N) is 2. The molecule has 2 amide bonds. The van der Waals surface area contributed by atoms with E-state index in [0.29, 0.717) is 25.6 Å². The Hall–Kier alpha value is -1.14. The van der Waals surface area contributed by atoms with Crippen molar-refractivity contribution in [3.8, 4) is 0 Å². The summed E-state index contributed by atoms with van der Waals surface area (Å²) >= 11 is 0. The standard InChI is InChI=1S/C13H24N4O2/c1-16-6-8-17(9-7-16)13(19)10-14-5-4-12(18)15-11-2-3-11/h11,14H,2-10H2,1H3,(H,15,18). The number of likely N-dealkylation sites (N-methyl/N-ethyl adjacent to an activating group) is 1. The number of nitrogens with one attached hydrogen (secondary N) is 2. The van der Waals surface area contributed by atoms with Crippen molar-refractivity contribution in [2.24, 2.45) is 0 Å². The largest absolute Gasteiger partial charge is 0.353 e. The Morgan fingerprint density at radius 3 is 2.47 bits per heavy atom. The first kappa shape index (κ1) is 14.3. The van der Waals surface area contributed by atoms with Gasteiger partial charge in [0.15, 0.2) is 0 Å². The van der Waals surface area contributed by atoms with Gasteiger partial charge in [0.25, 0.3) is 0 Å². The van der Waals surface area contributed by atoms with E-state index in [1.165, 1.54) is 0 Å². The van der Waals surface area contributed by atoms with Crippen LogP contribution in [0.15, 0.2) is 0 Å². The van der Waals surface area contributed by atoms with E-state index in [4.69, 9.17) is 0 Å². The Labute approximate surface area is 114 Å². The Bertz CT molecular complexity index is 323. The lowest BCUT2D eigenvalue weighted by Gasteiger charge is -2.32. The molecular weight excluding hydrogens is 244 g/mol. The van der Waals surface area contributed by atoms with Crippen molar-refractivity contribution in [1.29, 1.82) is 0 Å². The summed E-state index contributed by atoms with van der Waals surface area (Å²) in [6, 6.07) is 0.416. The fourth-order valence-electron chi connectivity index (χ4n) is 2.09. The highest BCUT2D eigenvalue weighted by Gasteiger charge is 2.23. The molecule has 1 saturated heterocycles. The van der Waals surface area contributed by atoms with Gasteiger partial charge in [-0.05, 0) is 19.9 Å². The average Bonchev–Trinajstić information content (AvgIpc) is 3.19. The molecule has 2 rings (SSSR count). The molecule has 0 aromatic carbocycles. The quantitative estimate of drug-likeness (QED) is 0.608. The van der Waals surface area contributed by atoms with Crippen LogP contribution in [-0.2, 0) is 9.59 Å². The highest BCUT2D eigenvalue weighted by atomic mass is 16.2. The zero-order valence-corrected chi connectivity index (χ0v) is 11.7. The summed E-state index contributed by atoms with van der Waals surface area (Å²) in [5, 5.41) is 5.98. The van der Waals surface area contributed by atoms with E-state index in [1.54, 1.807) is 0 Å². The average molecular weight is 268 g/mol. The van der Waals surface area contributed by atoms with E-state index < -0.39 is 0 Å². The molecule has 1 heterocycles. The van der Waals surface area contributed by atoms with Gasteiger partial charge in [0, 0.05) is 45.2 Å². The van der Waals surface area contributed by atoms with Crippen LogP contribution in [0.2, 0.25) is 0 Å². The van der Waals surface area contributed by atoms with Gasteiger partial charge in [0.2, 0.25) is 11.8 Å². The molecule has 0 radical (unpaired) electrons. The SMILES string of the molecule is CN1CCN(C(=O)CNCCC(=O)NC2CC2)CC1. The van der Waals surface area contributed by atoms with Crippen molar-refractivity contribution >= 4 is 11.8 Å². The van der Waals surface area contributed by atoms with Crippen molar-refractivity contribution in [1.82, 2.24) is 20.4 Å². The molecule has 1 aliphatic heterocycles. The lowest BCUT2D eigenvalue weighted by Crippen LogP contribution is -2.49. The fraction of sp³-hybridized carbons (Fsp3) is 0.846. The zero-order valence-electron chi connectivity index (χ0n) is 11.7. The van der Waals surface area contributed by atoms with Gasteiger partial charge >= 0.3 is 0 Å². The van der Waals surface area contributed by atoms with Crippen molar-refractivity contribution in [3.63, 3.8) is 0 Å². The van der Waals surface area contributed by atoms with Crippen LogP contribution in [0.3, 0.4) is 0 Å². The molecule has 108 valence electrons. The Morgan fingerprint density at radius 2 is 1.84 bits per heavy atom. The van der Waals surface area contributed by atoms with Crippen molar-refractivity contribution in [2.45, 2.75) is 25.3 Å². The third-order valence-electron chi connectivity index (χ3n) is 3.60. The molecule has 1 aliphatic carbocycles. The van der Waals surface area contributed by atoms with E-state index in [9.17, 15) is 9.59 Å². The molecule has 0 unspecified atom stereocenters. The lowest BCUT2D eigenvalue weighted by atomic mass is 10.3. The number of hydrogen-bond acceptors (Lipinski definition) is 4. The summed E-state index contributed by atoms with van der Waals surface area (Å²) in [5.41, 5.74) is 0. The number of amides is 2. The normalized spacial score (nSPS) is 20.4. The molecule has 0 aromatic heterocycles. The third-order valence-corrected chi connectivity index (χ3v) is 3.60. The molecule has 6 nitrogen and oxygen atoms in total. The van der Waals surface area contributed by atoms with E-state index in [-0.39, 0.29) is 11.8 Å². The predicted molar refractivity (Wildman–Crippen MR) is 72.7 cm³/mol. The molecule has 19 heavy (non-hydrogen) atoms. The van der Waals surface area contributed by atoms with Crippen molar-refractivity contribution in [2.75, 3.05) is 46.3 Å². The molecule has 0 atom stereocenters. The van der Waals surface area contributed by atoms with E-state index >= 15 is 0 Å². The Morgan fingerprint density at radius 1 is 1.16 bits per heavy atom. The number of hydrogen-bond donors (Lipinski definition) is 2. The van der Waals surface area contributed by atoms with E-state index in [1.807, 2.05) is 4.90 Å². The van der Waals surface area contributed by atoms with Gasteiger partial charge in [-0.2, -0.15) is 0 Å². The molecule has 2 N–H and O–H groups in total. The number of rotatable bonds is 6. The fourth-order valence-corrected chi connectivity index (χ4v) is 2.09. The van der Waals surface area contributed by atoms with Gasteiger partial charge in [-0.1, -0.05) is 0 Å². The smallest absolute Gasteiger partial charge is 0.236 e. The number of carbonyl (C=O) groups excluding carboxylic acids is 2. The first-order valence-corrected chi connectivity index (χ1v) is 7.11. The molecule has 2 aliphatic rings. The molecule has 0 aromatic rings. The van der Waals surface area contributed by atoms with Gasteiger partial charge < -0.3 is 20.4 Å². The molecular formula is C13H24N4O2. The van der Waals surface area contributed by atoms with Gasteiger partial charge in [0.1, 0.15) is 0 Å². The summed E-state index contributed by atoms with van der Waals surface area (Å²) in [6.07, 6.45) is 2.68. The maximum atomic E-state index is 11.9. The number of carbonyl (C=O) groups is 2. The Balaban J connectivity index is 1.52. The summed E-state index contributed by atoms with van der Waals surface area (Å²) in [6.45, 7) is 4.39. The minimum Gasteiger partial charge on any atom is -0.353 e. The Kier molecular flexibility index (Phi) is 5.15.